The maximum Gasteiger partial charge on any atom is 0.348 e. The van der Waals surface area contributed by atoms with Gasteiger partial charge in [-0.2, -0.15) is 0 Å². The largest absolute Gasteiger partial charge is 0.349 e. The fraction of sp³-hybridized carbons (Fsp3) is 0.615. The molecule has 0 amide bonds. The molecule has 0 radical (unpaired) electrons. The van der Waals surface area contributed by atoms with E-state index in [2.05, 4.69) is 9.97 Å². The highest BCUT2D eigenvalue weighted by molar-refractivity contribution is 6.66. The Morgan fingerprint density at radius 3 is 1.25 bits per heavy atom. The number of carbonyl (C=O) groups is 2. The standard InChI is InChI=1S/C26H22Cl4N4O10/c1-41-25(42-2)21(27)9-5-11-12(24(30)20(36)19(35)23(11,29)26(24,43-3)44-4)6-10(9)22(25,28)18-17(21)31-13-7-15(33(37)38)16(34(39)40)8-14(13)32-18/h7-12H,5-6H2,1-4H3/t9-,10+,11+,12-,21-,22+,23+,24-. The zero-order chi connectivity index (χ0) is 32.2. The van der Waals surface area contributed by atoms with E-state index in [9.17, 15) is 29.8 Å². The van der Waals surface area contributed by atoms with E-state index in [0.717, 1.165) is 12.1 Å². The van der Waals surface area contributed by atoms with Gasteiger partial charge in [0.25, 0.3) is 0 Å². The molecule has 1 aromatic heterocycles. The van der Waals surface area contributed by atoms with Crippen molar-refractivity contribution in [1.82, 2.24) is 9.97 Å². The molecule has 234 valence electrons. The first-order valence-corrected chi connectivity index (χ1v) is 14.8. The van der Waals surface area contributed by atoms with Gasteiger partial charge in [0.1, 0.15) is 9.75 Å². The first kappa shape index (κ1) is 30.4. The number of nitro benzene ring substituents is 2. The number of alkyl halides is 4. The lowest BCUT2D eigenvalue weighted by atomic mass is 9.59. The first-order chi connectivity index (χ1) is 20.6. The van der Waals surface area contributed by atoms with Gasteiger partial charge in [-0.15, -0.1) is 46.4 Å². The van der Waals surface area contributed by atoms with E-state index < -0.39 is 87.5 Å². The summed E-state index contributed by atoms with van der Waals surface area (Å²) in [7, 11) is 5.18. The molecule has 0 N–H and O–H groups in total. The zero-order valence-electron chi connectivity index (χ0n) is 23.3. The summed E-state index contributed by atoms with van der Waals surface area (Å²) < 4.78 is 23.4. The molecule has 4 fully saturated rings. The van der Waals surface area contributed by atoms with Crippen LogP contribution in [0.1, 0.15) is 24.2 Å². The molecular formula is C26H22Cl4N4O10. The Balaban J connectivity index is 1.49. The number of ether oxygens (including phenoxy) is 4. The van der Waals surface area contributed by atoms with E-state index in [1.54, 1.807) is 0 Å². The van der Waals surface area contributed by atoms with Crippen molar-refractivity contribution in [3.8, 4) is 0 Å². The SMILES string of the molecule is COC1(OC)[C@@]2(Cl)C(=O)C(=O)[C@]1(Cl)[C@@H]1C[C@H]3[C@@H](C[C@@H]12)[C@@]1(Cl)c2nc4cc([N+](=O)[O-])c([N+](=O)[O-])cc4nc2[C@]3(Cl)C1(OC)OC. The summed E-state index contributed by atoms with van der Waals surface area (Å²) in [6, 6.07) is 1.89. The van der Waals surface area contributed by atoms with Crippen molar-refractivity contribution < 1.29 is 38.4 Å². The molecule has 4 bridgehead atoms. The zero-order valence-corrected chi connectivity index (χ0v) is 26.3. The van der Waals surface area contributed by atoms with Crippen molar-refractivity contribution in [3.05, 3.63) is 43.7 Å². The van der Waals surface area contributed by atoms with Gasteiger partial charge in [0.05, 0.1) is 44.4 Å². The summed E-state index contributed by atoms with van der Waals surface area (Å²) >= 11 is 29.4. The number of nitrogens with zero attached hydrogens (tertiary/aromatic N) is 4. The van der Waals surface area contributed by atoms with Crippen LogP contribution in [0.5, 0.6) is 0 Å². The Morgan fingerprint density at radius 2 is 0.955 bits per heavy atom. The number of ketones is 2. The van der Waals surface area contributed by atoms with Crippen LogP contribution in [-0.2, 0) is 38.3 Å². The minimum Gasteiger partial charge on any atom is -0.349 e. The second-order valence-electron chi connectivity index (χ2n) is 11.7. The third-order valence-corrected chi connectivity index (χ3v) is 13.6. The van der Waals surface area contributed by atoms with Gasteiger partial charge in [0.15, 0.2) is 9.75 Å². The first-order valence-electron chi connectivity index (χ1n) is 13.3. The molecule has 1 heterocycles. The summed E-state index contributed by atoms with van der Waals surface area (Å²) in [6.07, 6.45) is 0.152. The van der Waals surface area contributed by atoms with E-state index in [1.165, 1.54) is 28.4 Å². The van der Waals surface area contributed by atoms with Gasteiger partial charge in [-0.05, 0) is 36.5 Å². The van der Waals surface area contributed by atoms with Crippen LogP contribution in [0.4, 0.5) is 11.4 Å². The lowest BCUT2D eigenvalue weighted by Crippen LogP contribution is -2.57. The van der Waals surface area contributed by atoms with Gasteiger partial charge >= 0.3 is 11.4 Å². The van der Waals surface area contributed by atoms with E-state index >= 15 is 0 Å². The van der Waals surface area contributed by atoms with Crippen molar-refractivity contribution in [1.29, 1.82) is 0 Å². The molecule has 0 unspecified atom stereocenters. The summed E-state index contributed by atoms with van der Waals surface area (Å²) in [5, 5.41) is 23.4. The third-order valence-electron chi connectivity index (χ3n) is 10.8. The number of Topliss-reactive ketones (excluding diaryl/α,β-unsaturated/α-hetero) is 2. The van der Waals surface area contributed by atoms with E-state index in [0.29, 0.717) is 0 Å². The summed E-state index contributed by atoms with van der Waals surface area (Å²) in [4.78, 5) is 50.3. The number of halogens is 4. The second kappa shape index (κ2) is 8.73. The number of carbonyl (C=O) groups excluding carboxylic acids is 2. The molecule has 1 aromatic carbocycles. The molecule has 2 aromatic rings. The molecule has 0 aliphatic heterocycles. The van der Waals surface area contributed by atoms with Crippen molar-refractivity contribution in [2.24, 2.45) is 23.7 Å². The fourth-order valence-corrected chi connectivity index (χ4v) is 12.0. The maximum absolute atomic E-state index is 13.5. The molecule has 5 aliphatic carbocycles. The molecule has 8 atom stereocenters. The third kappa shape index (κ3) is 2.65. The molecule has 0 spiro atoms. The van der Waals surface area contributed by atoms with Gasteiger partial charge in [-0.1, -0.05) is 0 Å². The molecule has 5 aliphatic rings. The molecule has 0 saturated heterocycles. The van der Waals surface area contributed by atoms with Crippen molar-refractivity contribution >= 4 is 80.4 Å². The number of hydrogen-bond acceptors (Lipinski definition) is 12. The minimum absolute atomic E-state index is 0.0489. The van der Waals surface area contributed by atoms with Gasteiger partial charge in [0, 0.05) is 28.4 Å². The molecule has 14 nitrogen and oxygen atoms in total. The molecular weight excluding hydrogens is 670 g/mol. The van der Waals surface area contributed by atoms with Crippen LogP contribution in [0.25, 0.3) is 11.0 Å². The average molecular weight is 692 g/mol. The highest BCUT2D eigenvalue weighted by atomic mass is 35.5. The van der Waals surface area contributed by atoms with Gasteiger partial charge < -0.3 is 18.9 Å². The Morgan fingerprint density at radius 1 is 0.659 bits per heavy atom. The molecule has 44 heavy (non-hydrogen) atoms. The average Bonchev–Trinajstić information content (AvgIpc) is 3.42. The smallest absolute Gasteiger partial charge is 0.348 e. The number of benzene rings is 1. The van der Waals surface area contributed by atoms with Crippen LogP contribution in [-0.4, -0.2) is 81.1 Å². The Bertz CT molecular complexity index is 1640. The predicted octanol–water partition coefficient (Wildman–Crippen LogP) is 3.70. The van der Waals surface area contributed by atoms with E-state index in [-0.39, 0.29) is 35.3 Å². The lowest BCUT2D eigenvalue weighted by Gasteiger charge is -2.48. The minimum atomic E-state index is -2.00. The summed E-state index contributed by atoms with van der Waals surface area (Å²) in [5.41, 5.74) is -1.49. The van der Waals surface area contributed by atoms with Crippen LogP contribution in [0.15, 0.2) is 12.1 Å². The quantitative estimate of drug-likeness (QED) is 0.141. The van der Waals surface area contributed by atoms with Crippen LogP contribution in [0.2, 0.25) is 0 Å². The van der Waals surface area contributed by atoms with Crippen LogP contribution < -0.4 is 0 Å². The highest BCUT2D eigenvalue weighted by Gasteiger charge is 2.93. The summed E-state index contributed by atoms with van der Waals surface area (Å²) in [6.45, 7) is 0. The maximum atomic E-state index is 13.5. The van der Waals surface area contributed by atoms with Crippen LogP contribution >= 0.6 is 46.4 Å². The topological polar surface area (TPSA) is 183 Å². The second-order valence-corrected chi connectivity index (χ2v) is 14.1. The van der Waals surface area contributed by atoms with Crippen molar-refractivity contribution in [3.63, 3.8) is 0 Å². The van der Waals surface area contributed by atoms with Crippen LogP contribution in [0.3, 0.4) is 0 Å². The predicted molar refractivity (Wildman–Crippen MR) is 152 cm³/mol. The lowest BCUT2D eigenvalue weighted by molar-refractivity contribution is -0.422. The van der Waals surface area contributed by atoms with E-state index in [4.69, 9.17) is 65.4 Å². The van der Waals surface area contributed by atoms with Gasteiger partial charge in [0.2, 0.25) is 23.1 Å². The molecule has 18 heteroatoms. The number of rotatable bonds is 6. The number of fused-ring (bicyclic) bond motifs is 14. The van der Waals surface area contributed by atoms with Crippen LogP contribution in [0, 0.1) is 43.9 Å². The monoisotopic (exact) mass is 690 g/mol. The number of hydrogen-bond donors (Lipinski definition) is 0. The van der Waals surface area contributed by atoms with Crippen molar-refractivity contribution in [2.75, 3.05) is 28.4 Å². The highest BCUT2D eigenvalue weighted by Crippen LogP contribution is 2.82. The van der Waals surface area contributed by atoms with Crippen molar-refractivity contribution in [2.45, 2.75) is 43.9 Å². The van der Waals surface area contributed by atoms with Gasteiger partial charge in [-0.25, -0.2) is 9.97 Å². The fourth-order valence-electron chi connectivity index (χ4n) is 9.33. The Labute approximate surface area is 267 Å². The molecule has 4 saturated carbocycles. The summed E-state index contributed by atoms with van der Waals surface area (Å²) in [5.74, 6) is -8.65. The molecule has 7 rings (SSSR count). The number of aromatic nitrogens is 2. The number of methoxy groups -OCH3 is 4. The van der Waals surface area contributed by atoms with Gasteiger partial charge in [-0.3, -0.25) is 29.8 Å². The Kier molecular flexibility index (Phi) is 6.03. The normalized spacial score (nSPS) is 40.3. The number of nitro groups is 2. The Hall–Kier alpha value is -2.30. The van der Waals surface area contributed by atoms with E-state index in [1.807, 2.05) is 0 Å².